The molecule has 0 radical (unpaired) electrons. The molecule has 0 heterocycles. The Kier molecular flexibility index (Phi) is 6.35. The maximum Gasteiger partial charge on any atom is 0.404 e. The fraction of sp³-hybridized carbons (Fsp3) is 0.462. The lowest BCUT2D eigenvalue weighted by atomic mass is 10.1. The molecule has 0 aliphatic carbocycles. The monoisotopic (exact) mass is 307 g/mol. The van der Waals surface area contributed by atoms with Crippen molar-refractivity contribution in [3.05, 3.63) is 35.9 Å². The van der Waals surface area contributed by atoms with Crippen molar-refractivity contribution in [2.24, 2.45) is 0 Å². The van der Waals surface area contributed by atoms with E-state index in [1.807, 2.05) is 6.07 Å². The number of halogens is 3. The molecule has 0 spiro atoms. The molecule has 7 heteroatoms. The molecule has 0 aliphatic rings. The minimum Gasteiger partial charge on any atom is -0.481 e. The van der Waals surface area contributed by atoms with E-state index < -0.39 is 30.7 Å². The second-order valence-electron chi connectivity index (χ2n) is 4.43. The molecule has 3 nitrogen and oxygen atoms in total. The lowest BCUT2D eigenvalue weighted by Gasteiger charge is -2.25. The van der Waals surface area contributed by atoms with Gasteiger partial charge in [0.2, 0.25) is 0 Å². The van der Waals surface area contributed by atoms with Crippen molar-refractivity contribution in [1.82, 2.24) is 5.32 Å². The lowest BCUT2D eigenvalue weighted by molar-refractivity contribution is -0.168. The zero-order chi connectivity index (χ0) is 15.2. The van der Waals surface area contributed by atoms with Crippen LogP contribution in [-0.2, 0) is 11.2 Å². The molecule has 0 saturated carbocycles. The number of benzene rings is 1. The second kappa shape index (κ2) is 7.54. The molecule has 2 atom stereocenters. The van der Waals surface area contributed by atoms with E-state index >= 15 is 0 Å². The Balaban J connectivity index is 2.71. The van der Waals surface area contributed by atoms with E-state index in [-0.39, 0.29) is 5.75 Å². The van der Waals surface area contributed by atoms with Crippen molar-refractivity contribution >= 4 is 18.6 Å². The van der Waals surface area contributed by atoms with Crippen LogP contribution in [0.5, 0.6) is 0 Å². The highest BCUT2D eigenvalue weighted by Gasteiger charge is 2.41. The van der Waals surface area contributed by atoms with Crippen LogP contribution in [-0.4, -0.2) is 35.1 Å². The van der Waals surface area contributed by atoms with Gasteiger partial charge in [-0.2, -0.15) is 25.8 Å². The first-order valence-corrected chi connectivity index (χ1v) is 6.65. The number of carbonyl (C=O) groups is 1. The van der Waals surface area contributed by atoms with Gasteiger partial charge in [0.15, 0.2) is 0 Å². The Morgan fingerprint density at radius 1 is 1.30 bits per heavy atom. The van der Waals surface area contributed by atoms with E-state index in [1.165, 1.54) is 0 Å². The molecule has 112 valence electrons. The third-order valence-corrected chi connectivity index (χ3v) is 3.20. The number of hydrogen-bond acceptors (Lipinski definition) is 3. The van der Waals surface area contributed by atoms with Crippen molar-refractivity contribution < 1.29 is 23.1 Å². The molecule has 1 aromatic rings. The average molecular weight is 307 g/mol. The first-order valence-electron chi connectivity index (χ1n) is 6.02. The summed E-state index contributed by atoms with van der Waals surface area (Å²) in [5, 5.41) is 10.9. The number of thiol groups is 1. The number of hydrogen-bond donors (Lipinski definition) is 3. The normalized spacial score (nSPS) is 14.8. The SMILES string of the molecule is O=C(O)C[C@H](N[C@H](CS)Cc1ccccc1)C(F)(F)F. The molecule has 1 aromatic carbocycles. The summed E-state index contributed by atoms with van der Waals surface area (Å²) in [6, 6.07) is 6.39. The van der Waals surface area contributed by atoms with Gasteiger partial charge in [-0.05, 0) is 12.0 Å². The zero-order valence-corrected chi connectivity index (χ0v) is 11.5. The van der Waals surface area contributed by atoms with Crippen molar-refractivity contribution in [1.29, 1.82) is 0 Å². The summed E-state index contributed by atoms with van der Waals surface area (Å²) in [7, 11) is 0. The van der Waals surface area contributed by atoms with E-state index in [0.717, 1.165) is 5.56 Å². The molecule has 0 fully saturated rings. The Morgan fingerprint density at radius 2 is 1.90 bits per heavy atom. The van der Waals surface area contributed by atoms with Gasteiger partial charge in [-0.25, -0.2) is 0 Å². The van der Waals surface area contributed by atoms with Gasteiger partial charge in [0.25, 0.3) is 0 Å². The minimum absolute atomic E-state index is 0.182. The summed E-state index contributed by atoms with van der Waals surface area (Å²) in [4.78, 5) is 10.5. The van der Waals surface area contributed by atoms with Crippen molar-refractivity contribution in [2.75, 3.05) is 5.75 Å². The van der Waals surface area contributed by atoms with E-state index in [4.69, 9.17) is 5.11 Å². The van der Waals surface area contributed by atoms with Crippen LogP contribution in [0.4, 0.5) is 13.2 Å². The van der Waals surface area contributed by atoms with Crippen molar-refractivity contribution in [3.8, 4) is 0 Å². The number of nitrogens with one attached hydrogen (secondary N) is 1. The van der Waals surface area contributed by atoms with Gasteiger partial charge in [0.05, 0.1) is 6.42 Å². The maximum atomic E-state index is 12.8. The number of alkyl halides is 3. The third kappa shape index (κ3) is 5.83. The van der Waals surface area contributed by atoms with E-state index in [9.17, 15) is 18.0 Å². The third-order valence-electron chi connectivity index (χ3n) is 2.76. The molecule has 0 aliphatic heterocycles. The number of carboxylic acid groups (broad SMARTS) is 1. The van der Waals surface area contributed by atoms with Crippen molar-refractivity contribution in [2.45, 2.75) is 31.1 Å². The smallest absolute Gasteiger partial charge is 0.404 e. The van der Waals surface area contributed by atoms with Crippen molar-refractivity contribution in [3.63, 3.8) is 0 Å². The summed E-state index contributed by atoms with van der Waals surface area (Å²) in [5.74, 6) is -1.31. The van der Waals surface area contributed by atoms with Gasteiger partial charge in [0, 0.05) is 11.8 Å². The van der Waals surface area contributed by atoms with Gasteiger partial charge in [-0.3, -0.25) is 4.79 Å². The zero-order valence-electron chi connectivity index (χ0n) is 10.6. The topological polar surface area (TPSA) is 49.3 Å². The Morgan fingerprint density at radius 3 is 2.35 bits per heavy atom. The number of aliphatic carboxylic acids is 1. The van der Waals surface area contributed by atoms with E-state index in [1.54, 1.807) is 24.3 Å². The van der Waals surface area contributed by atoms with Gasteiger partial charge in [0.1, 0.15) is 6.04 Å². The van der Waals surface area contributed by atoms with E-state index in [0.29, 0.717) is 6.42 Å². The predicted molar refractivity (Wildman–Crippen MR) is 73.0 cm³/mol. The predicted octanol–water partition coefficient (Wildman–Crippen LogP) is 2.52. The van der Waals surface area contributed by atoms with Crippen LogP contribution in [0, 0.1) is 0 Å². The summed E-state index contributed by atoms with van der Waals surface area (Å²) in [6.45, 7) is 0. The Hall–Kier alpha value is -1.21. The highest BCUT2D eigenvalue weighted by Crippen LogP contribution is 2.23. The van der Waals surface area contributed by atoms with Crippen LogP contribution < -0.4 is 5.32 Å². The molecule has 0 unspecified atom stereocenters. The molecular weight excluding hydrogens is 291 g/mol. The molecular formula is C13H16F3NO2S. The lowest BCUT2D eigenvalue weighted by Crippen LogP contribution is -2.49. The quantitative estimate of drug-likeness (QED) is 0.679. The summed E-state index contributed by atoms with van der Waals surface area (Å²) in [6.07, 6.45) is -5.24. The molecule has 0 aromatic heterocycles. The molecule has 1 rings (SSSR count). The summed E-state index contributed by atoms with van der Waals surface area (Å²) < 4.78 is 38.3. The van der Waals surface area contributed by atoms with Gasteiger partial charge in [-0.15, -0.1) is 0 Å². The summed E-state index contributed by atoms with van der Waals surface area (Å²) >= 11 is 4.03. The maximum absolute atomic E-state index is 12.8. The van der Waals surface area contributed by atoms with E-state index in [2.05, 4.69) is 17.9 Å². The van der Waals surface area contributed by atoms with Crippen LogP contribution in [0.3, 0.4) is 0 Å². The minimum atomic E-state index is -4.60. The van der Waals surface area contributed by atoms with Crippen LogP contribution in [0.1, 0.15) is 12.0 Å². The Bertz CT molecular complexity index is 425. The molecule has 0 bridgehead atoms. The fourth-order valence-electron chi connectivity index (χ4n) is 1.80. The van der Waals surface area contributed by atoms with Crippen LogP contribution in [0.15, 0.2) is 30.3 Å². The fourth-order valence-corrected chi connectivity index (χ4v) is 2.04. The summed E-state index contributed by atoms with van der Waals surface area (Å²) in [5.41, 5.74) is 0.871. The first-order chi connectivity index (χ1) is 9.32. The Labute approximate surface area is 120 Å². The van der Waals surface area contributed by atoms with Gasteiger partial charge >= 0.3 is 12.1 Å². The second-order valence-corrected chi connectivity index (χ2v) is 4.79. The number of rotatable bonds is 7. The standard InChI is InChI=1S/C13H16F3NO2S/c14-13(15,16)11(7-12(18)19)17-10(8-20)6-9-4-2-1-3-5-9/h1-5,10-11,17,20H,6-8H2,(H,18,19)/t10-,11-/m0/s1. The van der Waals surface area contributed by atoms with Gasteiger partial charge in [-0.1, -0.05) is 30.3 Å². The highest BCUT2D eigenvalue weighted by atomic mass is 32.1. The van der Waals surface area contributed by atoms with Crippen LogP contribution in [0.2, 0.25) is 0 Å². The number of carboxylic acids is 1. The molecule has 20 heavy (non-hydrogen) atoms. The van der Waals surface area contributed by atoms with Crippen LogP contribution in [0.25, 0.3) is 0 Å². The average Bonchev–Trinajstić information content (AvgIpc) is 2.36. The highest BCUT2D eigenvalue weighted by molar-refractivity contribution is 7.80. The largest absolute Gasteiger partial charge is 0.481 e. The first kappa shape index (κ1) is 16.8. The van der Waals surface area contributed by atoms with Crippen LogP contribution >= 0.6 is 12.6 Å². The molecule has 2 N–H and O–H groups in total. The van der Waals surface area contributed by atoms with Gasteiger partial charge < -0.3 is 10.4 Å². The molecule has 0 amide bonds. The molecule has 0 saturated heterocycles.